The van der Waals surface area contributed by atoms with Crippen molar-refractivity contribution in [3.63, 3.8) is 0 Å². The van der Waals surface area contributed by atoms with E-state index in [1.54, 1.807) is 12.4 Å². The van der Waals surface area contributed by atoms with E-state index < -0.39 is 26.8 Å². The van der Waals surface area contributed by atoms with E-state index >= 15 is 0 Å². The highest BCUT2D eigenvalue weighted by Crippen LogP contribution is 3.02. The van der Waals surface area contributed by atoms with Crippen LogP contribution in [0.1, 0.15) is 31.2 Å². The molecule has 0 saturated heterocycles. The van der Waals surface area contributed by atoms with E-state index in [1.165, 1.54) is 0 Å². The first-order valence-corrected chi connectivity index (χ1v) is 11.8. The number of aromatic nitrogens is 1. The number of pyridine rings is 1. The maximum Gasteiger partial charge on any atom is 0.319 e. The van der Waals surface area contributed by atoms with Crippen molar-refractivity contribution in [3.8, 4) is 5.75 Å². The Kier molecular flexibility index (Phi) is 6.31. The number of amides is 2. The van der Waals surface area contributed by atoms with Gasteiger partial charge in [0.15, 0.2) is 0 Å². The fourth-order valence-corrected chi connectivity index (χ4v) is 4.10. The lowest BCUT2D eigenvalue weighted by Crippen LogP contribution is -2.41. The highest BCUT2D eigenvalue weighted by Gasteiger charge is 2.65. The molecule has 0 unspecified atom stereocenters. The molecule has 6 nitrogen and oxygen atoms in total. The standard InChI is InChI=1S/C20H24F5N3O3S/c1-30-19-7-6-17(32(21,22,23,24)25)12-18(19)28-20(29)27-15-2-4-16(5-3-15)31-13-14-8-10-26-11-9-14/h6-12,15-16H,2-5,13H2,1H3,(H2,27,28,29). The van der Waals surface area contributed by atoms with Gasteiger partial charge in [0, 0.05) is 18.4 Å². The van der Waals surface area contributed by atoms with Crippen LogP contribution in [0, 0.1) is 0 Å². The Hall–Kier alpha value is -2.60. The molecular weight excluding hydrogens is 457 g/mol. The molecule has 3 rings (SSSR count). The summed E-state index contributed by atoms with van der Waals surface area (Å²) in [4.78, 5) is 14.1. The summed E-state index contributed by atoms with van der Waals surface area (Å²) in [5.41, 5.74) is 0.507. The molecule has 1 aromatic heterocycles. The number of hydrogen-bond donors (Lipinski definition) is 2. The van der Waals surface area contributed by atoms with Crippen LogP contribution in [0.25, 0.3) is 0 Å². The van der Waals surface area contributed by atoms with Crippen molar-refractivity contribution in [3.05, 3.63) is 48.3 Å². The van der Waals surface area contributed by atoms with Gasteiger partial charge in [-0.2, -0.15) is 0 Å². The molecule has 1 aromatic carbocycles. The van der Waals surface area contributed by atoms with Crippen LogP contribution in [-0.4, -0.2) is 30.3 Å². The number of carbonyl (C=O) groups is 1. The van der Waals surface area contributed by atoms with E-state index in [0.717, 1.165) is 18.7 Å². The minimum Gasteiger partial charge on any atom is -0.495 e. The number of methoxy groups -OCH3 is 1. The third-order valence-electron chi connectivity index (χ3n) is 5.11. The first-order chi connectivity index (χ1) is 14.8. The quantitative estimate of drug-likeness (QED) is 0.449. The van der Waals surface area contributed by atoms with Gasteiger partial charge in [0.05, 0.1) is 25.5 Å². The lowest BCUT2D eigenvalue weighted by molar-refractivity contribution is 0.0121. The van der Waals surface area contributed by atoms with Gasteiger partial charge in [-0.3, -0.25) is 4.98 Å². The third kappa shape index (κ3) is 6.70. The predicted octanol–water partition coefficient (Wildman–Crippen LogP) is 6.40. The van der Waals surface area contributed by atoms with Crippen LogP contribution in [0.5, 0.6) is 5.75 Å². The number of nitrogens with one attached hydrogen (secondary N) is 2. The fourth-order valence-electron chi connectivity index (χ4n) is 3.44. The second-order valence-corrected chi connectivity index (χ2v) is 9.98. The minimum absolute atomic E-state index is 0.0264. The molecule has 1 aliphatic rings. The Balaban J connectivity index is 1.54. The van der Waals surface area contributed by atoms with E-state index in [0.29, 0.717) is 32.3 Å². The van der Waals surface area contributed by atoms with Crippen LogP contribution < -0.4 is 15.4 Å². The molecule has 1 aliphatic carbocycles. The molecule has 0 bridgehead atoms. The second kappa shape index (κ2) is 8.39. The van der Waals surface area contributed by atoms with Crippen LogP contribution in [0.15, 0.2) is 47.6 Å². The maximum atomic E-state index is 13.1. The molecule has 1 fully saturated rings. The highest BCUT2D eigenvalue weighted by atomic mass is 32.5. The van der Waals surface area contributed by atoms with Crippen molar-refractivity contribution in [1.29, 1.82) is 0 Å². The van der Waals surface area contributed by atoms with Crippen LogP contribution >= 0.6 is 10.2 Å². The SMILES string of the molecule is COc1ccc(S(F)(F)(F)(F)F)cc1NC(=O)NC1CCC(OCc2ccncc2)CC1. The van der Waals surface area contributed by atoms with Crippen molar-refractivity contribution in [2.45, 2.75) is 49.3 Å². The zero-order valence-electron chi connectivity index (χ0n) is 17.2. The zero-order valence-corrected chi connectivity index (χ0v) is 18.0. The van der Waals surface area contributed by atoms with E-state index in [9.17, 15) is 24.2 Å². The summed E-state index contributed by atoms with van der Waals surface area (Å²) >= 11 is 0. The Bertz CT molecular complexity index is 953. The number of carbonyl (C=O) groups excluding carboxylic acids is 1. The topological polar surface area (TPSA) is 72.5 Å². The van der Waals surface area contributed by atoms with Gasteiger partial charge >= 0.3 is 16.3 Å². The predicted molar refractivity (Wildman–Crippen MR) is 112 cm³/mol. The monoisotopic (exact) mass is 481 g/mol. The average Bonchev–Trinajstić information content (AvgIpc) is 2.72. The van der Waals surface area contributed by atoms with Crippen molar-refractivity contribution >= 4 is 21.9 Å². The van der Waals surface area contributed by atoms with Crippen molar-refractivity contribution < 1.29 is 33.7 Å². The minimum atomic E-state index is -9.89. The van der Waals surface area contributed by atoms with Gasteiger partial charge in [-0.15, -0.1) is 0 Å². The molecular formula is C20H24F5N3O3S. The summed E-state index contributed by atoms with van der Waals surface area (Å²) in [6.45, 7) is 0.452. The molecule has 0 atom stereocenters. The van der Waals surface area contributed by atoms with E-state index in [-0.39, 0.29) is 30.0 Å². The highest BCUT2D eigenvalue weighted by molar-refractivity contribution is 8.45. The summed E-state index contributed by atoms with van der Waals surface area (Å²) in [5, 5.41) is 4.85. The van der Waals surface area contributed by atoms with E-state index in [4.69, 9.17) is 9.47 Å². The summed E-state index contributed by atoms with van der Waals surface area (Å²) in [5.74, 6) is -0.168. The smallest absolute Gasteiger partial charge is 0.319 e. The average molecular weight is 481 g/mol. The van der Waals surface area contributed by atoms with Crippen LogP contribution in [0.4, 0.5) is 29.9 Å². The normalized spacial score (nSPS) is 21.2. The molecule has 178 valence electrons. The molecule has 0 aliphatic heterocycles. The number of urea groups is 1. The second-order valence-electron chi connectivity index (χ2n) is 7.57. The van der Waals surface area contributed by atoms with Gasteiger partial charge in [0.25, 0.3) is 0 Å². The Labute approximate surface area is 182 Å². The number of hydrogen-bond acceptors (Lipinski definition) is 4. The lowest BCUT2D eigenvalue weighted by Gasteiger charge is -2.40. The molecule has 2 amide bonds. The van der Waals surface area contributed by atoms with Crippen molar-refractivity contribution in [2.24, 2.45) is 0 Å². The maximum absolute atomic E-state index is 13.1. The summed E-state index contributed by atoms with van der Waals surface area (Å²) in [7, 11) is -8.74. The van der Waals surface area contributed by atoms with Gasteiger partial charge in [0.1, 0.15) is 10.6 Å². The summed E-state index contributed by atoms with van der Waals surface area (Å²) < 4.78 is 76.2. The van der Waals surface area contributed by atoms with Crippen molar-refractivity contribution in [2.75, 3.05) is 12.4 Å². The zero-order chi connectivity index (χ0) is 23.5. The molecule has 1 saturated carbocycles. The third-order valence-corrected chi connectivity index (χ3v) is 6.25. The molecule has 2 N–H and O–H groups in total. The first kappa shape index (κ1) is 24.1. The Morgan fingerprint density at radius 2 is 1.72 bits per heavy atom. The van der Waals surface area contributed by atoms with Gasteiger partial charge in [0.2, 0.25) is 0 Å². The molecule has 12 heteroatoms. The molecule has 32 heavy (non-hydrogen) atoms. The van der Waals surface area contributed by atoms with Crippen LogP contribution in [-0.2, 0) is 11.3 Å². The number of anilines is 1. The number of rotatable bonds is 7. The molecule has 1 heterocycles. The molecule has 2 aromatic rings. The van der Waals surface area contributed by atoms with E-state index in [2.05, 4.69) is 15.6 Å². The van der Waals surface area contributed by atoms with Gasteiger partial charge < -0.3 is 20.1 Å². The van der Waals surface area contributed by atoms with Gasteiger partial charge in [-0.25, -0.2) is 4.79 Å². The van der Waals surface area contributed by atoms with Crippen molar-refractivity contribution in [1.82, 2.24) is 10.3 Å². The van der Waals surface area contributed by atoms with Crippen LogP contribution in [0.2, 0.25) is 0 Å². The lowest BCUT2D eigenvalue weighted by atomic mass is 9.93. The summed E-state index contributed by atoms with van der Waals surface area (Å²) in [6.07, 6.45) is 5.99. The Morgan fingerprint density at radius 3 is 2.31 bits per heavy atom. The van der Waals surface area contributed by atoms with Gasteiger partial charge in [-0.1, -0.05) is 19.4 Å². The summed E-state index contributed by atoms with van der Waals surface area (Å²) in [6, 6.07) is 3.85. The largest absolute Gasteiger partial charge is 0.495 e. The van der Waals surface area contributed by atoms with Crippen LogP contribution in [0.3, 0.4) is 0 Å². The van der Waals surface area contributed by atoms with E-state index in [1.807, 2.05) is 12.1 Å². The molecule has 0 radical (unpaired) electrons. The fraction of sp³-hybridized carbons (Fsp3) is 0.400. The Morgan fingerprint density at radius 1 is 1.06 bits per heavy atom. The number of nitrogens with zero attached hydrogens (tertiary/aromatic N) is 1. The number of benzene rings is 1. The first-order valence-electron chi connectivity index (χ1n) is 9.84. The number of halogens is 5. The van der Waals surface area contributed by atoms with Gasteiger partial charge in [-0.05, 0) is 61.6 Å². The number of ether oxygens (including phenoxy) is 2. The molecule has 0 spiro atoms.